The van der Waals surface area contributed by atoms with E-state index in [-0.39, 0.29) is 12.0 Å². The first-order valence-electron chi connectivity index (χ1n) is 5.30. The van der Waals surface area contributed by atoms with E-state index < -0.39 is 0 Å². The summed E-state index contributed by atoms with van der Waals surface area (Å²) in [6.45, 7) is 1.02. The second-order valence-corrected chi connectivity index (χ2v) is 4.92. The van der Waals surface area contributed by atoms with E-state index in [1.54, 1.807) is 0 Å². The minimum Gasteiger partial charge on any atom is -0.493 e. The molecule has 2 atom stereocenters. The van der Waals surface area contributed by atoms with Gasteiger partial charge in [0.25, 0.3) is 0 Å². The molecule has 1 N–H and O–H groups in total. The van der Waals surface area contributed by atoms with E-state index in [4.69, 9.17) is 16.3 Å². The molecule has 1 saturated carbocycles. The van der Waals surface area contributed by atoms with E-state index in [9.17, 15) is 5.11 Å². The number of benzene rings is 1. The smallest absolute Gasteiger partial charge is 0.123 e. The third-order valence-electron chi connectivity index (χ3n) is 3.74. The van der Waals surface area contributed by atoms with Gasteiger partial charge < -0.3 is 9.84 Å². The van der Waals surface area contributed by atoms with Crippen LogP contribution < -0.4 is 4.74 Å². The monoisotopic (exact) mass is 224 g/mol. The molecule has 1 aromatic carbocycles. The SMILES string of the molecule is OC[C@H]1C[C@@]12CCOc1ccc(Cl)cc12. The minimum absolute atomic E-state index is 0.160. The molecular weight excluding hydrogens is 212 g/mol. The third-order valence-corrected chi connectivity index (χ3v) is 3.97. The van der Waals surface area contributed by atoms with Crippen LogP contribution in [-0.4, -0.2) is 18.3 Å². The summed E-state index contributed by atoms with van der Waals surface area (Å²) < 4.78 is 5.61. The Morgan fingerprint density at radius 3 is 3.13 bits per heavy atom. The van der Waals surface area contributed by atoms with E-state index >= 15 is 0 Å². The van der Waals surface area contributed by atoms with Crippen molar-refractivity contribution in [3.05, 3.63) is 28.8 Å². The van der Waals surface area contributed by atoms with Crippen LogP contribution in [0.15, 0.2) is 18.2 Å². The van der Waals surface area contributed by atoms with Crippen LogP contribution in [-0.2, 0) is 5.41 Å². The standard InChI is InChI=1S/C12H13ClO2/c13-9-1-2-11-10(5-9)12(3-4-15-11)6-8(12)7-14/h1-2,5,8,14H,3-4,6-7H2/t8-,12+/m1/s1. The van der Waals surface area contributed by atoms with Gasteiger partial charge in [0.2, 0.25) is 0 Å². The number of aliphatic hydroxyl groups is 1. The molecule has 0 saturated heterocycles. The maximum Gasteiger partial charge on any atom is 0.123 e. The maximum atomic E-state index is 9.24. The summed E-state index contributed by atoms with van der Waals surface area (Å²) in [6, 6.07) is 5.78. The quantitative estimate of drug-likeness (QED) is 0.794. The molecule has 3 rings (SSSR count). The van der Waals surface area contributed by atoms with Gasteiger partial charge in [-0.3, -0.25) is 0 Å². The van der Waals surface area contributed by atoms with Gasteiger partial charge in [0.1, 0.15) is 5.75 Å². The summed E-state index contributed by atoms with van der Waals surface area (Å²) in [5.74, 6) is 1.35. The van der Waals surface area contributed by atoms with Crippen molar-refractivity contribution >= 4 is 11.6 Å². The predicted molar refractivity (Wildman–Crippen MR) is 58.4 cm³/mol. The number of ether oxygens (including phenoxy) is 1. The van der Waals surface area contributed by atoms with Gasteiger partial charge in [-0.25, -0.2) is 0 Å². The highest BCUT2D eigenvalue weighted by Gasteiger charge is 2.57. The molecule has 2 aliphatic rings. The van der Waals surface area contributed by atoms with E-state index in [0.717, 1.165) is 30.2 Å². The Kier molecular flexibility index (Phi) is 1.98. The Labute approximate surface area is 93.8 Å². The van der Waals surface area contributed by atoms with Crippen LogP contribution in [0.1, 0.15) is 18.4 Å². The number of halogens is 1. The molecule has 1 fully saturated rings. The number of hydrogen-bond donors (Lipinski definition) is 1. The third kappa shape index (κ3) is 1.28. The molecule has 3 heteroatoms. The molecule has 2 nitrogen and oxygen atoms in total. The lowest BCUT2D eigenvalue weighted by Gasteiger charge is -2.27. The zero-order chi connectivity index (χ0) is 10.5. The van der Waals surface area contributed by atoms with Gasteiger partial charge in [-0.2, -0.15) is 0 Å². The van der Waals surface area contributed by atoms with Crippen LogP contribution in [0.25, 0.3) is 0 Å². The van der Waals surface area contributed by atoms with Gasteiger partial charge in [-0.1, -0.05) is 11.6 Å². The van der Waals surface area contributed by atoms with Gasteiger partial charge in [-0.15, -0.1) is 0 Å². The summed E-state index contributed by atoms with van der Waals surface area (Å²) in [5, 5.41) is 10.00. The first-order chi connectivity index (χ1) is 7.26. The second kappa shape index (κ2) is 3.13. The van der Waals surface area contributed by atoms with Crippen LogP contribution in [0.2, 0.25) is 5.02 Å². The average molecular weight is 225 g/mol. The highest BCUT2D eigenvalue weighted by molar-refractivity contribution is 6.30. The fourth-order valence-electron chi connectivity index (χ4n) is 2.75. The Hall–Kier alpha value is -0.730. The van der Waals surface area contributed by atoms with Crippen LogP contribution in [0.3, 0.4) is 0 Å². The molecule has 1 spiro atoms. The molecule has 1 aliphatic heterocycles. The van der Waals surface area contributed by atoms with E-state index in [0.29, 0.717) is 5.92 Å². The zero-order valence-electron chi connectivity index (χ0n) is 8.37. The molecule has 0 radical (unpaired) electrons. The lowest BCUT2D eigenvalue weighted by atomic mass is 9.88. The lowest BCUT2D eigenvalue weighted by molar-refractivity contribution is 0.224. The van der Waals surface area contributed by atoms with E-state index in [1.807, 2.05) is 18.2 Å². The normalized spacial score (nSPS) is 32.3. The number of aliphatic hydroxyl groups excluding tert-OH is 1. The largest absolute Gasteiger partial charge is 0.493 e. The molecule has 0 amide bonds. The Morgan fingerprint density at radius 2 is 2.40 bits per heavy atom. The molecule has 1 heterocycles. The Balaban J connectivity index is 2.07. The zero-order valence-corrected chi connectivity index (χ0v) is 9.13. The topological polar surface area (TPSA) is 29.5 Å². The first-order valence-corrected chi connectivity index (χ1v) is 5.68. The Bertz CT molecular complexity index is 405. The predicted octanol–water partition coefficient (Wildman–Crippen LogP) is 2.37. The van der Waals surface area contributed by atoms with E-state index in [1.165, 1.54) is 5.56 Å². The summed E-state index contributed by atoms with van der Waals surface area (Å²) in [5.41, 5.74) is 1.35. The summed E-state index contributed by atoms with van der Waals surface area (Å²) >= 11 is 6.00. The fraction of sp³-hybridized carbons (Fsp3) is 0.500. The summed E-state index contributed by atoms with van der Waals surface area (Å²) in [6.07, 6.45) is 2.08. The van der Waals surface area contributed by atoms with Gasteiger partial charge in [0.05, 0.1) is 6.61 Å². The Morgan fingerprint density at radius 1 is 1.53 bits per heavy atom. The maximum absolute atomic E-state index is 9.24. The average Bonchev–Trinajstić information content (AvgIpc) is 2.94. The van der Waals surface area contributed by atoms with Crippen LogP contribution in [0, 0.1) is 5.92 Å². The van der Waals surface area contributed by atoms with Gasteiger partial charge in [0.15, 0.2) is 0 Å². The first kappa shape index (κ1) is 9.49. The van der Waals surface area contributed by atoms with Crippen LogP contribution in [0.5, 0.6) is 5.75 Å². The number of hydrogen-bond acceptors (Lipinski definition) is 2. The molecule has 80 valence electrons. The molecule has 0 unspecified atom stereocenters. The molecule has 1 aromatic rings. The highest BCUT2D eigenvalue weighted by atomic mass is 35.5. The van der Waals surface area contributed by atoms with Crippen molar-refractivity contribution in [2.24, 2.45) is 5.92 Å². The van der Waals surface area contributed by atoms with Crippen molar-refractivity contribution in [1.29, 1.82) is 0 Å². The van der Waals surface area contributed by atoms with Crippen LogP contribution >= 0.6 is 11.6 Å². The summed E-state index contributed by atoms with van der Waals surface area (Å²) in [7, 11) is 0. The van der Waals surface area contributed by atoms with Crippen molar-refractivity contribution in [3.8, 4) is 5.75 Å². The van der Waals surface area contributed by atoms with Crippen molar-refractivity contribution in [2.45, 2.75) is 18.3 Å². The van der Waals surface area contributed by atoms with Crippen molar-refractivity contribution in [2.75, 3.05) is 13.2 Å². The van der Waals surface area contributed by atoms with Crippen LogP contribution in [0.4, 0.5) is 0 Å². The van der Waals surface area contributed by atoms with Crippen molar-refractivity contribution in [1.82, 2.24) is 0 Å². The number of fused-ring (bicyclic) bond motifs is 2. The summed E-state index contributed by atoms with van der Waals surface area (Å²) in [4.78, 5) is 0. The molecule has 0 bridgehead atoms. The molecule has 1 aliphatic carbocycles. The second-order valence-electron chi connectivity index (χ2n) is 4.48. The highest BCUT2D eigenvalue weighted by Crippen LogP contribution is 2.60. The molecule has 0 aromatic heterocycles. The lowest BCUT2D eigenvalue weighted by Crippen LogP contribution is -2.22. The molecule has 15 heavy (non-hydrogen) atoms. The minimum atomic E-state index is 0.160. The molecular formula is C12H13ClO2. The van der Waals surface area contributed by atoms with Gasteiger partial charge in [-0.05, 0) is 37.0 Å². The fourth-order valence-corrected chi connectivity index (χ4v) is 2.92. The van der Waals surface area contributed by atoms with Crippen molar-refractivity contribution < 1.29 is 9.84 Å². The van der Waals surface area contributed by atoms with Crippen molar-refractivity contribution in [3.63, 3.8) is 0 Å². The van der Waals surface area contributed by atoms with Gasteiger partial charge in [0, 0.05) is 22.6 Å². The van der Waals surface area contributed by atoms with Gasteiger partial charge >= 0.3 is 0 Å². The number of rotatable bonds is 1. The van der Waals surface area contributed by atoms with E-state index in [2.05, 4.69) is 0 Å².